The minimum Gasteiger partial charge on any atom is -0.464 e. The fourth-order valence-corrected chi connectivity index (χ4v) is 1.90. The lowest BCUT2D eigenvalue weighted by atomic mass is 10.3. The molecule has 0 unspecified atom stereocenters. The van der Waals surface area contributed by atoms with Crippen LogP contribution in [0.2, 0.25) is 0 Å². The van der Waals surface area contributed by atoms with Gasteiger partial charge in [-0.25, -0.2) is 4.99 Å². The SMILES string of the molecule is COCCNC(N)=NCc1ccc([C@@H]2C[C@@H]2C)o1. The van der Waals surface area contributed by atoms with Crippen molar-refractivity contribution in [2.45, 2.75) is 25.8 Å². The predicted molar refractivity (Wildman–Crippen MR) is 70.4 cm³/mol. The molecule has 5 nitrogen and oxygen atoms in total. The smallest absolute Gasteiger partial charge is 0.189 e. The molecule has 1 saturated carbocycles. The monoisotopic (exact) mass is 251 g/mol. The molecule has 1 aliphatic carbocycles. The maximum absolute atomic E-state index is 5.74. The van der Waals surface area contributed by atoms with Crippen LogP contribution in [0.1, 0.15) is 30.8 Å². The van der Waals surface area contributed by atoms with Gasteiger partial charge in [0, 0.05) is 19.6 Å². The molecular formula is C13H21N3O2. The summed E-state index contributed by atoms with van der Waals surface area (Å²) in [6.07, 6.45) is 1.23. The first-order valence-electron chi connectivity index (χ1n) is 6.32. The van der Waals surface area contributed by atoms with Crippen molar-refractivity contribution in [1.82, 2.24) is 5.32 Å². The standard InChI is InChI=1S/C13H21N3O2/c1-9-7-11(9)12-4-3-10(18-12)8-16-13(14)15-5-6-17-2/h3-4,9,11H,5-8H2,1-2H3,(H3,14,15,16)/t9-,11+/m0/s1. The topological polar surface area (TPSA) is 72.8 Å². The Morgan fingerprint density at radius 2 is 2.39 bits per heavy atom. The highest BCUT2D eigenvalue weighted by atomic mass is 16.5. The highest BCUT2D eigenvalue weighted by molar-refractivity contribution is 5.77. The van der Waals surface area contributed by atoms with Gasteiger partial charge in [0.1, 0.15) is 18.1 Å². The molecule has 0 amide bonds. The third-order valence-corrected chi connectivity index (χ3v) is 3.17. The molecule has 0 spiro atoms. The molecule has 2 atom stereocenters. The lowest BCUT2D eigenvalue weighted by Gasteiger charge is -2.03. The number of guanidine groups is 1. The summed E-state index contributed by atoms with van der Waals surface area (Å²) in [7, 11) is 1.65. The Kier molecular flexibility index (Phi) is 4.25. The molecular weight excluding hydrogens is 230 g/mol. The van der Waals surface area contributed by atoms with Crippen molar-refractivity contribution in [3.05, 3.63) is 23.7 Å². The molecule has 0 aliphatic heterocycles. The van der Waals surface area contributed by atoms with E-state index in [0.29, 0.717) is 31.6 Å². The number of hydrogen-bond donors (Lipinski definition) is 2. The second-order valence-corrected chi connectivity index (χ2v) is 4.74. The Bertz CT molecular complexity index is 414. The van der Waals surface area contributed by atoms with Gasteiger partial charge in [0.15, 0.2) is 5.96 Å². The third-order valence-electron chi connectivity index (χ3n) is 3.17. The molecule has 5 heteroatoms. The lowest BCUT2D eigenvalue weighted by molar-refractivity contribution is 0.204. The van der Waals surface area contributed by atoms with E-state index in [1.54, 1.807) is 7.11 Å². The number of nitrogens with one attached hydrogen (secondary N) is 1. The second kappa shape index (κ2) is 5.91. The van der Waals surface area contributed by atoms with Crippen molar-refractivity contribution in [2.75, 3.05) is 20.3 Å². The van der Waals surface area contributed by atoms with E-state index in [9.17, 15) is 0 Å². The first-order valence-corrected chi connectivity index (χ1v) is 6.32. The molecule has 100 valence electrons. The molecule has 2 rings (SSSR count). The molecule has 3 N–H and O–H groups in total. The highest BCUT2D eigenvalue weighted by Gasteiger charge is 2.36. The second-order valence-electron chi connectivity index (χ2n) is 4.74. The number of methoxy groups -OCH3 is 1. The zero-order chi connectivity index (χ0) is 13.0. The minimum atomic E-state index is 0.421. The summed E-state index contributed by atoms with van der Waals surface area (Å²) in [6.45, 7) is 3.99. The summed E-state index contributed by atoms with van der Waals surface area (Å²) >= 11 is 0. The molecule has 1 fully saturated rings. The van der Waals surface area contributed by atoms with Gasteiger partial charge in [-0.05, 0) is 24.5 Å². The van der Waals surface area contributed by atoms with Gasteiger partial charge < -0.3 is 20.2 Å². The van der Waals surface area contributed by atoms with E-state index < -0.39 is 0 Å². The molecule has 0 saturated heterocycles. The van der Waals surface area contributed by atoms with Gasteiger partial charge >= 0.3 is 0 Å². The van der Waals surface area contributed by atoms with Crippen molar-refractivity contribution in [3.63, 3.8) is 0 Å². The van der Waals surface area contributed by atoms with Gasteiger partial charge in [0.05, 0.1) is 6.61 Å². The summed E-state index contributed by atoms with van der Waals surface area (Å²) in [5.74, 6) is 3.73. The average Bonchev–Trinajstić information content (AvgIpc) is 2.91. The normalized spacial score (nSPS) is 23.1. The fraction of sp³-hybridized carbons (Fsp3) is 0.615. The van der Waals surface area contributed by atoms with Gasteiger partial charge in [0.2, 0.25) is 0 Å². The molecule has 0 bridgehead atoms. The first kappa shape index (κ1) is 13.0. The number of furan rings is 1. The number of aliphatic imine (C=N–C) groups is 1. The quantitative estimate of drug-likeness (QED) is 0.456. The summed E-state index contributed by atoms with van der Waals surface area (Å²) < 4.78 is 10.6. The van der Waals surface area contributed by atoms with Crippen LogP contribution in [-0.4, -0.2) is 26.2 Å². The van der Waals surface area contributed by atoms with Crippen LogP contribution in [0.15, 0.2) is 21.5 Å². The van der Waals surface area contributed by atoms with Crippen LogP contribution in [0.5, 0.6) is 0 Å². The maximum Gasteiger partial charge on any atom is 0.189 e. The molecule has 1 heterocycles. The number of nitrogens with zero attached hydrogens (tertiary/aromatic N) is 1. The third kappa shape index (κ3) is 3.50. The summed E-state index contributed by atoms with van der Waals surface area (Å²) in [6, 6.07) is 4.03. The number of ether oxygens (including phenoxy) is 1. The van der Waals surface area contributed by atoms with Crippen LogP contribution in [-0.2, 0) is 11.3 Å². The number of hydrogen-bond acceptors (Lipinski definition) is 3. The van der Waals surface area contributed by atoms with E-state index in [-0.39, 0.29) is 0 Å². The Morgan fingerprint density at radius 1 is 1.61 bits per heavy atom. The Labute approximate surface area is 107 Å². The Balaban J connectivity index is 1.78. The van der Waals surface area contributed by atoms with E-state index in [1.165, 1.54) is 6.42 Å². The van der Waals surface area contributed by atoms with Gasteiger partial charge in [0.25, 0.3) is 0 Å². The van der Waals surface area contributed by atoms with E-state index >= 15 is 0 Å². The van der Waals surface area contributed by atoms with Crippen LogP contribution >= 0.6 is 0 Å². The van der Waals surface area contributed by atoms with Crippen molar-refractivity contribution in [1.29, 1.82) is 0 Å². The van der Waals surface area contributed by atoms with Crippen molar-refractivity contribution in [3.8, 4) is 0 Å². The Morgan fingerprint density at radius 3 is 3.06 bits per heavy atom. The maximum atomic E-state index is 5.74. The predicted octanol–water partition coefficient (Wildman–Crippen LogP) is 1.45. The van der Waals surface area contributed by atoms with E-state index in [1.807, 2.05) is 12.1 Å². The molecule has 1 aromatic heterocycles. The largest absolute Gasteiger partial charge is 0.464 e. The molecule has 1 aromatic rings. The van der Waals surface area contributed by atoms with Gasteiger partial charge in [-0.1, -0.05) is 6.92 Å². The first-order chi connectivity index (χ1) is 8.70. The number of nitrogens with two attached hydrogens (primary N) is 1. The molecule has 0 aromatic carbocycles. The van der Waals surface area contributed by atoms with Gasteiger partial charge in [-0.15, -0.1) is 0 Å². The highest BCUT2D eigenvalue weighted by Crippen LogP contribution is 2.47. The van der Waals surface area contributed by atoms with Crippen molar-refractivity contribution < 1.29 is 9.15 Å². The van der Waals surface area contributed by atoms with Crippen molar-refractivity contribution in [2.24, 2.45) is 16.6 Å². The van der Waals surface area contributed by atoms with Crippen LogP contribution < -0.4 is 11.1 Å². The Hall–Kier alpha value is -1.49. The fourth-order valence-electron chi connectivity index (χ4n) is 1.90. The van der Waals surface area contributed by atoms with Gasteiger partial charge in [-0.3, -0.25) is 0 Å². The summed E-state index contributed by atoms with van der Waals surface area (Å²) in [5.41, 5.74) is 5.70. The van der Waals surface area contributed by atoms with Crippen molar-refractivity contribution >= 4 is 5.96 Å². The lowest BCUT2D eigenvalue weighted by Crippen LogP contribution is -2.34. The molecule has 18 heavy (non-hydrogen) atoms. The van der Waals surface area contributed by atoms with Crippen LogP contribution in [0, 0.1) is 5.92 Å². The summed E-state index contributed by atoms with van der Waals surface area (Å²) in [5, 5.41) is 2.96. The molecule has 0 radical (unpaired) electrons. The van der Waals surface area contributed by atoms with E-state index in [0.717, 1.165) is 17.4 Å². The number of rotatable bonds is 6. The van der Waals surface area contributed by atoms with Crippen LogP contribution in [0.25, 0.3) is 0 Å². The summed E-state index contributed by atoms with van der Waals surface area (Å²) in [4.78, 5) is 4.21. The minimum absolute atomic E-state index is 0.421. The van der Waals surface area contributed by atoms with E-state index in [2.05, 4.69) is 17.2 Å². The zero-order valence-electron chi connectivity index (χ0n) is 11.0. The average molecular weight is 251 g/mol. The zero-order valence-corrected chi connectivity index (χ0v) is 11.0. The van der Waals surface area contributed by atoms with Crippen LogP contribution in [0.4, 0.5) is 0 Å². The van der Waals surface area contributed by atoms with Crippen LogP contribution in [0.3, 0.4) is 0 Å². The van der Waals surface area contributed by atoms with E-state index in [4.69, 9.17) is 14.9 Å². The van der Waals surface area contributed by atoms with Gasteiger partial charge in [-0.2, -0.15) is 0 Å². The molecule has 1 aliphatic rings.